The van der Waals surface area contributed by atoms with Gasteiger partial charge in [-0.2, -0.15) is 0 Å². The largest absolute Gasteiger partial charge is 0.472 e. The number of carbonyl (C=O) groups is 2. The molecule has 0 spiro atoms. The number of nitrogens with zero attached hydrogens (tertiary/aromatic N) is 1. The molecule has 0 amide bonds. The topological polar surface area (TPSA) is 108 Å². The van der Waals surface area contributed by atoms with Crippen molar-refractivity contribution in [2.45, 2.75) is 200 Å². The highest BCUT2D eigenvalue weighted by Crippen LogP contribution is 2.43. The zero-order valence-electron chi connectivity index (χ0n) is 42.6. The number of carbonyl (C=O) groups excluding carboxylic acids is 2. The molecule has 0 heterocycles. The molecule has 0 aromatic rings. The number of hydrogen-bond donors (Lipinski definition) is 1. The molecule has 0 aromatic carbocycles. The molecule has 10 heteroatoms. The van der Waals surface area contributed by atoms with E-state index in [1.165, 1.54) is 38.5 Å². The number of allylic oxidation sites excluding steroid dienone is 16. The van der Waals surface area contributed by atoms with E-state index in [1.54, 1.807) is 0 Å². The smallest absolute Gasteiger partial charge is 0.462 e. The average molecular weight is 943 g/mol. The van der Waals surface area contributed by atoms with Gasteiger partial charge in [-0.1, -0.05) is 188 Å². The maximum atomic E-state index is 12.8. The lowest BCUT2D eigenvalue weighted by Crippen LogP contribution is -2.37. The molecule has 66 heavy (non-hydrogen) atoms. The van der Waals surface area contributed by atoms with Crippen LogP contribution in [0.25, 0.3) is 0 Å². The Kier molecular flexibility index (Phi) is 44.8. The molecular formula is C56H97NO8P+. The van der Waals surface area contributed by atoms with Gasteiger partial charge in [-0.25, -0.2) is 4.57 Å². The van der Waals surface area contributed by atoms with Crippen LogP contribution in [-0.2, 0) is 32.7 Å². The zero-order chi connectivity index (χ0) is 48.5. The first-order valence-electron chi connectivity index (χ1n) is 26.0. The second kappa shape index (κ2) is 47.0. The molecule has 0 saturated heterocycles. The number of esters is 2. The minimum atomic E-state index is -4.39. The first-order chi connectivity index (χ1) is 32.0. The van der Waals surface area contributed by atoms with Gasteiger partial charge in [0.05, 0.1) is 27.7 Å². The van der Waals surface area contributed by atoms with E-state index in [0.29, 0.717) is 17.4 Å². The molecule has 2 atom stereocenters. The highest BCUT2D eigenvalue weighted by molar-refractivity contribution is 7.47. The summed E-state index contributed by atoms with van der Waals surface area (Å²) in [5, 5.41) is 0. The third-order valence-electron chi connectivity index (χ3n) is 10.6. The van der Waals surface area contributed by atoms with Crippen molar-refractivity contribution >= 4 is 19.8 Å². The van der Waals surface area contributed by atoms with Gasteiger partial charge in [0.2, 0.25) is 0 Å². The van der Waals surface area contributed by atoms with Crippen LogP contribution in [0.4, 0.5) is 0 Å². The van der Waals surface area contributed by atoms with Crippen molar-refractivity contribution in [3.05, 3.63) is 97.2 Å². The van der Waals surface area contributed by atoms with Gasteiger partial charge >= 0.3 is 19.8 Å². The Morgan fingerprint density at radius 3 is 1.21 bits per heavy atom. The minimum absolute atomic E-state index is 0.0231. The predicted octanol–water partition coefficient (Wildman–Crippen LogP) is 15.7. The third kappa shape index (κ3) is 50.3. The summed E-state index contributed by atoms with van der Waals surface area (Å²) in [6, 6.07) is 0. The van der Waals surface area contributed by atoms with E-state index >= 15 is 0 Å². The number of unbranched alkanes of at least 4 members (excludes halogenated alkanes) is 16. The normalized spacial score (nSPS) is 14.2. The summed E-state index contributed by atoms with van der Waals surface area (Å²) in [7, 11) is 1.45. The fourth-order valence-corrected chi connectivity index (χ4v) is 7.38. The number of phosphoric acid groups is 1. The maximum Gasteiger partial charge on any atom is 0.472 e. The number of ether oxygens (including phenoxy) is 2. The molecule has 0 aliphatic rings. The lowest BCUT2D eigenvalue weighted by atomic mass is 10.0. The summed E-state index contributed by atoms with van der Waals surface area (Å²) >= 11 is 0. The maximum absolute atomic E-state index is 12.8. The SMILES string of the molecule is CC/C=C\C/C=C\C/C=C\C/C=C\CCCCCCCCCCCCC(=O)OC(COC(=O)CCCCCCCC/C=C\C/C=C\C/C=C\C/C=C\CC)COP(=O)(O)OCC[N+](C)(C)C. The van der Waals surface area contributed by atoms with Gasteiger partial charge in [-0.15, -0.1) is 0 Å². The van der Waals surface area contributed by atoms with E-state index < -0.39 is 26.5 Å². The summed E-state index contributed by atoms with van der Waals surface area (Å²) in [5.41, 5.74) is 0. The molecule has 2 unspecified atom stereocenters. The first-order valence-corrected chi connectivity index (χ1v) is 27.5. The second-order valence-electron chi connectivity index (χ2n) is 18.1. The van der Waals surface area contributed by atoms with Crippen molar-refractivity contribution in [3.63, 3.8) is 0 Å². The van der Waals surface area contributed by atoms with Crippen LogP contribution < -0.4 is 0 Å². The summed E-state index contributed by atoms with van der Waals surface area (Å²) in [5.74, 6) is -0.825. The highest BCUT2D eigenvalue weighted by Gasteiger charge is 2.27. The van der Waals surface area contributed by atoms with Crippen molar-refractivity contribution in [2.24, 2.45) is 0 Å². The molecule has 0 bridgehead atoms. The molecule has 9 nitrogen and oxygen atoms in total. The van der Waals surface area contributed by atoms with Crippen molar-refractivity contribution in [3.8, 4) is 0 Å². The van der Waals surface area contributed by atoms with E-state index in [2.05, 4.69) is 111 Å². The second-order valence-corrected chi connectivity index (χ2v) is 19.6. The lowest BCUT2D eigenvalue weighted by molar-refractivity contribution is -0.870. The van der Waals surface area contributed by atoms with Crippen LogP contribution >= 0.6 is 7.82 Å². The summed E-state index contributed by atoms with van der Waals surface area (Å²) in [6.07, 6.45) is 63.1. The number of hydrogen-bond acceptors (Lipinski definition) is 7. The van der Waals surface area contributed by atoms with Gasteiger partial charge in [0.1, 0.15) is 19.8 Å². The van der Waals surface area contributed by atoms with Crippen molar-refractivity contribution < 1.29 is 42.1 Å². The van der Waals surface area contributed by atoms with Crippen LogP contribution in [0.1, 0.15) is 194 Å². The van der Waals surface area contributed by atoms with Gasteiger partial charge in [0, 0.05) is 12.8 Å². The van der Waals surface area contributed by atoms with E-state index in [-0.39, 0.29) is 32.0 Å². The quantitative estimate of drug-likeness (QED) is 0.0211. The van der Waals surface area contributed by atoms with Crippen molar-refractivity contribution in [1.29, 1.82) is 0 Å². The third-order valence-corrected chi connectivity index (χ3v) is 11.6. The van der Waals surface area contributed by atoms with Gasteiger partial charge in [-0.3, -0.25) is 18.6 Å². The van der Waals surface area contributed by atoms with E-state index in [1.807, 2.05) is 21.1 Å². The summed E-state index contributed by atoms with van der Waals surface area (Å²) in [6.45, 7) is 4.17. The summed E-state index contributed by atoms with van der Waals surface area (Å²) in [4.78, 5) is 35.6. The average Bonchev–Trinajstić information content (AvgIpc) is 3.27. The van der Waals surface area contributed by atoms with Gasteiger partial charge in [-0.05, 0) is 89.9 Å². The molecule has 0 aliphatic heterocycles. The van der Waals surface area contributed by atoms with Crippen molar-refractivity contribution in [2.75, 3.05) is 47.5 Å². The van der Waals surface area contributed by atoms with E-state index in [4.69, 9.17) is 18.5 Å². The first kappa shape index (κ1) is 62.9. The molecule has 0 saturated carbocycles. The minimum Gasteiger partial charge on any atom is -0.462 e. The fraction of sp³-hybridized carbons (Fsp3) is 0.679. The van der Waals surface area contributed by atoms with E-state index in [9.17, 15) is 19.0 Å². The number of rotatable bonds is 46. The zero-order valence-corrected chi connectivity index (χ0v) is 43.5. The lowest BCUT2D eigenvalue weighted by Gasteiger charge is -2.24. The summed E-state index contributed by atoms with van der Waals surface area (Å²) < 4.78 is 34.5. The van der Waals surface area contributed by atoms with Gasteiger partial charge < -0.3 is 18.9 Å². The Hall–Kier alpha value is -3.07. The fourth-order valence-electron chi connectivity index (χ4n) is 6.64. The van der Waals surface area contributed by atoms with Crippen LogP contribution in [0.5, 0.6) is 0 Å². The molecule has 0 radical (unpaired) electrons. The highest BCUT2D eigenvalue weighted by atomic mass is 31.2. The van der Waals surface area contributed by atoms with Crippen molar-refractivity contribution in [1.82, 2.24) is 0 Å². The molecule has 1 N–H and O–H groups in total. The van der Waals surface area contributed by atoms with Crippen LogP contribution in [0.15, 0.2) is 97.2 Å². The Balaban J connectivity index is 4.29. The molecule has 0 aliphatic carbocycles. The van der Waals surface area contributed by atoms with Gasteiger partial charge in [0.15, 0.2) is 6.10 Å². The van der Waals surface area contributed by atoms with Crippen LogP contribution in [0.3, 0.4) is 0 Å². The predicted molar refractivity (Wildman–Crippen MR) is 279 cm³/mol. The van der Waals surface area contributed by atoms with Crippen LogP contribution in [0.2, 0.25) is 0 Å². The Labute approximate surface area is 404 Å². The molecule has 0 aromatic heterocycles. The Bertz CT molecular complexity index is 1440. The monoisotopic (exact) mass is 943 g/mol. The van der Waals surface area contributed by atoms with Crippen LogP contribution in [0, 0.1) is 0 Å². The number of likely N-dealkylation sites (N-methyl/N-ethyl adjacent to an activating group) is 1. The van der Waals surface area contributed by atoms with Gasteiger partial charge in [0.25, 0.3) is 0 Å². The number of phosphoric ester groups is 1. The molecular weight excluding hydrogens is 846 g/mol. The number of quaternary nitrogens is 1. The standard InChI is InChI=1S/C56H96NO8P/c1-6-8-10-12-14-16-18-20-22-24-26-27-28-29-31-33-35-37-39-41-43-45-47-49-56(59)65-54(53-64-66(60,61)63-51-50-57(3,4)5)52-62-55(58)48-46-44-42-40-38-36-34-32-30-25-23-21-19-17-15-13-11-9-7-2/h8-11,14-17,20-23,26-27,30,32,54H,6-7,12-13,18-19,24-25,28-29,31,33-53H2,1-5H3/p+1/b10-8-,11-9-,16-14-,17-15-,22-20-,23-21-,27-26-,32-30-. The van der Waals surface area contributed by atoms with Crippen LogP contribution in [-0.4, -0.2) is 74.9 Å². The molecule has 378 valence electrons. The van der Waals surface area contributed by atoms with E-state index in [0.717, 1.165) is 122 Å². The Morgan fingerprint density at radius 2 is 0.818 bits per heavy atom. The molecule has 0 rings (SSSR count). The Morgan fingerprint density at radius 1 is 0.470 bits per heavy atom. The molecule has 0 fully saturated rings.